The molecule has 3 nitrogen and oxygen atoms in total. The number of carbonyl (C=O) groups excluding carboxylic acids is 1. The molecule has 18 heavy (non-hydrogen) atoms. The zero-order chi connectivity index (χ0) is 13.1. The first-order valence-corrected chi connectivity index (χ1v) is 6.67. The second kappa shape index (κ2) is 5.53. The fraction of sp³-hybridized carbons (Fsp3) is 0.533. The van der Waals surface area contributed by atoms with Gasteiger partial charge < -0.3 is 10.2 Å². The van der Waals surface area contributed by atoms with E-state index < -0.39 is 0 Å². The fourth-order valence-electron chi connectivity index (χ4n) is 2.29. The Kier molecular flexibility index (Phi) is 4.02. The van der Waals surface area contributed by atoms with Crippen LogP contribution in [-0.2, 0) is 0 Å². The van der Waals surface area contributed by atoms with Gasteiger partial charge in [0.25, 0.3) is 5.91 Å². The quantitative estimate of drug-likeness (QED) is 0.866. The van der Waals surface area contributed by atoms with Gasteiger partial charge in [-0.15, -0.1) is 0 Å². The van der Waals surface area contributed by atoms with Gasteiger partial charge in [0, 0.05) is 31.2 Å². The van der Waals surface area contributed by atoms with E-state index in [2.05, 4.69) is 19.2 Å². The highest BCUT2D eigenvalue weighted by atomic mass is 16.2. The summed E-state index contributed by atoms with van der Waals surface area (Å²) in [5, 5.41) is 3.47. The van der Waals surface area contributed by atoms with Crippen LogP contribution in [0, 0.1) is 12.8 Å². The van der Waals surface area contributed by atoms with Crippen molar-refractivity contribution >= 4 is 5.91 Å². The molecular formula is C15H22N2O. The molecule has 0 spiro atoms. The van der Waals surface area contributed by atoms with Crippen LogP contribution in [0.15, 0.2) is 24.3 Å². The van der Waals surface area contributed by atoms with Gasteiger partial charge in [-0.05, 0) is 25.0 Å². The number of aryl methyl sites for hydroxylation is 1. The molecule has 1 amide bonds. The molecule has 3 heteroatoms. The topological polar surface area (TPSA) is 32.3 Å². The van der Waals surface area contributed by atoms with E-state index in [9.17, 15) is 4.79 Å². The molecular weight excluding hydrogens is 224 g/mol. The van der Waals surface area contributed by atoms with Gasteiger partial charge in [0.15, 0.2) is 0 Å². The number of piperazine rings is 1. The maximum atomic E-state index is 12.4. The van der Waals surface area contributed by atoms with Crippen molar-refractivity contribution in [1.29, 1.82) is 0 Å². The van der Waals surface area contributed by atoms with Crippen LogP contribution in [0.4, 0.5) is 0 Å². The standard InChI is InChI=1S/C15H22N2O/c1-11(2)14-10-17(9-8-16-14)15(18)13-6-4-12(3)5-7-13/h4-7,11,14,16H,8-10H2,1-3H3. The van der Waals surface area contributed by atoms with Crippen molar-refractivity contribution in [2.75, 3.05) is 19.6 Å². The summed E-state index contributed by atoms with van der Waals surface area (Å²) in [4.78, 5) is 14.3. The molecule has 0 saturated carbocycles. The Morgan fingerprint density at radius 1 is 1.33 bits per heavy atom. The Labute approximate surface area is 109 Å². The molecule has 0 bridgehead atoms. The largest absolute Gasteiger partial charge is 0.336 e. The van der Waals surface area contributed by atoms with Crippen LogP contribution >= 0.6 is 0 Å². The van der Waals surface area contributed by atoms with Crippen LogP contribution in [0.1, 0.15) is 29.8 Å². The number of nitrogens with zero attached hydrogens (tertiary/aromatic N) is 1. The SMILES string of the molecule is Cc1ccc(C(=O)N2CCNC(C(C)C)C2)cc1. The van der Waals surface area contributed by atoms with Crippen molar-refractivity contribution in [3.8, 4) is 0 Å². The molecule has 0 aliphatic carbocycles. The van der Waals surface area contributed by atoms with Gasteiger partial charge in [0.2, 0.25) is 0 Å². The Bertz CT molecular complexity index is 411. The summed E-state index contributed by atoms with van der Waals surface area (Å²) >= 11 is 0. The van der Waals surface area contributed by atoms with Crippen LogP contribution in [0.5, 0.6) is 0 Å². The summed E-state index contributed by atoms with van der Waals surface area (Å²) in [6.45, 7) is 8.92. The van der Waals surface area contributed by atoms with E-state index >= 15 is 0 Å². The van der Waals surface area contributed by atoms with Crippen LogP contribution < -0.4 is 5.32 Å². The van der Waals surface area contributed by atoms with Gasteiger partial charge in [0.1, 0.15) is 0 Å². The van der Waals surface area contributed by atoms with Gasteiger partial charge in [-0.3, -0.25) is 4.79 Å². The van der Waals surface area contributed by atoms with Crippen LogP contribution in [0.2, 0.25) is 0 Å². The Morgan fingerprint density at radius 3 is 2.61 bits per heavy atom. The second-order valence-corrected chi connectivity index (χ2v) is 5.42. The number of hydrogen-bond donors (Lipinski definition) is 1. The number of carbonyl (C=O) groups is 1. The third kappa shape index (κ3) is 2.91. The number of benzene rings is 1. The maximum absolute atomic E-state index is 12.4. The molecule has 0 radical (unpaired) electrons. The lowest BCUT2D eigenvalue weighted by Crippen LogP contribution is -2.54. The summed E-state index contributed by atoms with van der Waals surface area (Å²) in [5.41, 5.74) is 1.98. The highest BCUT2D eigenvalue weighted by Crippen LogP contribution is 2.12. The first kappa shape index (κ1) is 13.1. The van der Waals surface area contributed by atoms with E-state index in [-0.39, 0.29) is 5.91 Å². The van der Waals surface area contributed by atoms with Gasteiger partial charge in [-0.1, -0.05) is 31.5 Å². The summed E-state index contributed by atoms with van der Waals surface area (Å²) < 4.78 is 0. The molecule has 2 rings (SSSR count). The fourth-order valence-corrected chi connectivity index (χ4v) is 2.29. The third-order valence-corrected chi connectivity index (χ3v) is 3.60. The van der Waals surface area contributed by atoms with Crippen molar-refractivity contribution in [2.24, 2.45) is 5.92 Å². The molecule has 1 N–H and O–H groups in total. The summed E-state index contributed by atoms with van der Waals surface area (Å²) in [6, 6.07) is 8.24. The molecule has 1 heterocycles. The summed E-state index contributed by atoms with van der Waals surface area (Å²) in [5.74, 6) is 0.709. The lowest BCUT2D eigenvalue weighted by molar-refractivity contribution is 0.0684. The highest BCUT2D eigenvalue weighted by molar-refractivity contribution is 5.94. The van der Waals surface area contributed by atoms with E-state index in [0.717, 1.165) is 25.2 Å². The number of rotatable bonds is 2. The average molecular weight is 246 g/mol. The molecule has 1 fully saturated rings. The minimum atomic E-state index is 0.155. The molecule has 1 saturated heterocycles. The van der Waals surface area contributed by atoms with Crippen molar-refractivity contribution < 1.29 is 4.79 Å². The molecule has 1 atom stereocenters. The van der Waals surface area contributed by atoms with E-state index in [4.69, 9.17) is 0 Å². The third-order valence-electron chi connectivity index (χ3n) is 3.60. The smallest absolute Gasteiger partial charge is 0.253 e. The van der Waals surface area contributed by atoms with Crippen molar-refractivity contribution in [3.63, 3.8) is 0 Å². The Balaban J connectivity index is 2.06. The predicted octanol–water partition coefficient (Wildman–Crippen LogP) is 2.07. The normalized spacial score (nSPS) is 20.2. The first-order valence-electron chi connectivity index (χ1n) is 6.67. The number of nitrogens with one attached hydrogen (secondary N) is 1. The molecule has 1 aromatic carbocycles. The van der Waals surface area contributed by atoms with E-state index in [1.807, 2.05) is 36.1 Å². The predicted molar refractivity (Wildman–Crippen MR) is 73.7 cm³/mol. The lowest BCUT2D eigenvalue weighted by Gasteiger charge is -2.35. The monoisotopic (exact) mass is 246 g/mol. The zero-order valence-electron chi connectivity index (χ0n) is 11.4. The molecule has 1 aromatic rings. The second-order valence-electron chi connectivity index (χ2n) is 5.42. The number of amides is 1. The molecule has 98 valence electrons. The maximum Gasteiger partial charge on any atom is 0.253 e. The van der Waals surface area contributed by atoms with Crippen LogP contribution in [-0.4, -0.2) is 36.5 Å². The minimum absolute atomic E-state index is 0.155. The van der Waals surface area contributed by atoms with Crippen LogP contribution in [0.3, 0.4) is 0 Å². The average Bonchev–Trinajstić information content (AvgIpc) is 2.39. The highest BCUT2D eigenvalue weighted by Gasteiger charge is 2.25. The Hall–Kier alpha value is -1.35. The van der Waals surface area contributed by atoms with E-state index in [1.54, 1.807) is 0 Å². The van der Waals surface area contributed by atoms with Gasteiger partial charge in [-0.2, -0.15) is 0 Å². The Morgan fingerprint density at radius 2 is 2.00 bits per heavy atom. The van der Waals surface area contributed by atoms with E-state index in [0.29, 0.717) is 12.0 Å². The zero-order valence-corrected chi connectivity index (χ0v) is 11.4. The van der Waals surface area contributed by atoms with Gasteiger partial charge in [-0.25, -0.2) is 0 Å². The number of hydrogen-bond acceptors (Lipinski definition) is 2. The van der Waals surface area contributed by atoms with Crippen molar-refractivity contribution in [3.05, 3.63) is 35.4 Å². The molecule has 1 aliphatic heterocycles. The van der Waals surface area contributed by atoms with Crippen LogP contribution in [0.25, 0.3) is 0 Å². The summed E-state index contributed by atoms with van der Waals surface area (Å²) in [6.07, 6.45) is 0. The minimum Gasteiger partial charge on any atom is -0.336 e. The molecule has 1 aliphatic rings. The molecule has 0 aromatic heterocycles. The first-order chi connectivity index (χ1) is 8.58. The molecule has 1 unspecified atom stereocenters. The van der Waals surface area contributed by atoms with Crippen molar-refractivity contribution in [2.45, 2.75) is 26.8 Å². The van der Waals surface area contributed by atoms with E-state index in [1.165, 1.54) is 5.56 Å². The van der Waals surface area contributed by atoms with Gasteiger partial charge in [0.05, 0.1) is 0 Å². The lowest BCUT2D eigenvalue weighted by atomic mass is 10.0. The van der Waals surface area contributed by atoms with Gasteiger partial charge >= 0.3 is 0 Å². The van der Waals surface area contributed by atoms with Crippen molar-refractivity contribution in [1.82, 2.24) is 10.2 Å². The summed E-state index contributed by atoms with van der Waals surface area (Å²) in [7, 11) is 0.